The average Bonchev–Trinajstić information content (AvgIpc) is 2.29. The van der Waals surface area contributed by atoms with Crippen molar-refractivity contribution in [2.24, 2.45) is 0 Å². The number of nitrogens with two attached hydrogens (primary N) is 1. The highest BCUT2D eigenvalue weighted by molar-refractivity contribution is 7.89. The van der Waals surface area contributed by atoms with E-state index >= 15 is 0 Å². The van der Waals surface area contributed by atoms with Crippen LogP contribution in [-0.2, 0) is 10.0 Å². The molecule has 106 valence electrons. The van der Waals surface area contributed by atoms with Crippen LogP contribution in [0.25, 0.3) is 0 Å². The second-order valence-corrected chi connectivity index (χ2v) is 6.91. The third-order valence-corrected chi connectivity index (χ3v) is 5.25. The van der Waals surface area contributed by atoms with Crippen LogP contribution >= 0.6 is 0 Å². The Bertz CT molecular complexity index is 610. The van der Waals surface area contributed by atoms with Crippen molar-refractivity contribution in [3.63, 3.8) is 0 Å². The highest BCUT2D eigenvalue weighted by atomic mass is 32.2. The Morgan fingerprint density at radius 2 is 2.05 bits per heavy atom. The number of sulfonamides is 1. The predicted molar refractivity (Wildman–Crippen MR) is 69.5 cm³/mol. The molecule has 0 amide bonds. The number of aliphatic hydroxyl groups is 1. The Kier molecular flexibility index (Phi) is 3.32. The van der Waals surface area contributed by atoms with Crippen molar-refractivity contribution in [1.82, 2.24) is 4.31 Å². The Hall–Kier alpha value is -1.18. The molecule has 1 saturated heterocycles. The molecule has 1 aliphatic heterocycles. The van der Waals surface area contributed by atoms with Gasteiger partial charge < -0.3 is 10.8 Å². The molecule has 0 spiro atoms. The number of benzene rings is 1. The van der Waals surface area contributed by atoms with Gasteiger partial charge in [-0.05, 0) is 31.0 Å². The summed E-state index contributed by atoms with van der Waals surface area (Å²) in [6.45, 7) is 3.20. The Balaban J connectivity index is 2.37. The number of halogens is 1. The zero-order valence-electron chi connectivity index (χ0n) is 10.9. The summed E-state index contributed by atoms with van der Waals surface area (Å²) < 4.78 is 39.5. The molecule has 1 heterocycles. The molecule has 0 atom stereocenters. The average molecular weight is 288 g/mol. The van der Waals surface area contributed by atoms with Gasteiger partial charge >= 0.3 is 0 Å². The molecule has 1 aliphatic rings. The van der Waals surface area contributed by atoms with Gasteiger partial charge in [-0.15, -0.1) is 0 Å². The molecule has 1 fully saturated rings. The van der Waals surface area contributed by atoms with Crippen LogP contribution in [0.2, 0.25) is 0 Å². The van der Waals surface area contributed by atoms with Crippen molar-refractivity contribution in [2.75, 3.05) is 18.8 Å². The fourth-order valence-electron chi connectivity index (χ4n) is 2.09. The minimum atomic E-state index is -3.94. The van der Waals surface area contributed by atoms with Crippen LogP contribution in [0.15, 0.2) is 17.0 Å². The summed E-state index contributed by atoms with van der Waals surface area (Å²) in [4.78, 5) is -0.428. The van der Waals surface area contributed by atoms with Gasteiger partial charge in [0.1, 0.15) is 10.7 Å². The smallest absolute Gasteiger partial charge is 0.246 e. The SMILES string of the molecule is CCC1(O)CN(S(=O)(=O)c2cc(N)cc(C)c2F)C1. The van der Waals surface area contributed by atoms with E-state index < -0.39 is 26.3 Å². The molecule has 7 heteroatoms. The lowest BCUT2D eigenvalue weighted by molar-refractivity contribution is -0.0614. The highest BCUT2D eigenvalue weighted by Gasteiger charge is 2.46. The first-order chi connectivity index (χ1) is 8.69. The summed E-state index contributed by atoms with van der Waals surface area (Å²) in [7, 11) is -3.94. The van der Waals surface area contributed by atoms with E-state index in [9.17, 15) is 17.9 Å². The van der Waals surface area contributed by atoms with Crippen LogP contribution in [0, 0.1) is 12.7 Å². The lowest BCUT2D eigenvalue weighted by atomic mass is 9.94. The number of anilines is 1. The van der Waals surface area contributed by atoms with E-state index in [0.29, 0.717) is 6.42 Å². The fourth-order valence-corrected chi connectivity index (χ4v) is 3.87. The lowest BCUT2D eigenvalue weighted by Crippen LogP contribution is -2.62. The zero-order chi connectivity index (χ0) is 14.4. The molecule has 5 nitrogen and oxygen atoms in total. The molecular formula is C12H17FN2O3S. The molecule has 1 aromatic carbocycles. The largest absolute Gasteiger partial charge is 0.399 e. The van der Waals surface area contributed by atoms with Gasteiger partial charge in [0.05, 0.1) is 5.60 Å². The van der Waals surface area contributed by atoms with Crippen molar-refractivity contribution in [3.05, 3.63) is 23.5 Å². The van der Waals surface area contributed by atoms with Crippen LogP contribution in [-0.4, -0.2) is 36.5 Å². The third-order valence-electron chi connectivity index (χ3n) is 3.46. The minimum absolute atomic E-state index is 0.0148. The topological polar surface area (TPSA) is 83.6 Å². The number of rotatable bonds is 3. The molecule has 0 aliphatic carbocycles. The zero-order valence-corrected chi connectivity index (χ0v) is 11.7. The Morgan fingerprint density at radius 1 is 1.47 bits per heavy atom. The molecule has 1 aromatic rings. The Morgan fingerprint density at radius 3 is 2.58 bits per heavy atom. The molecule has 0 unspecified atom stereocenters. The quantitative estimate of drug-likeness (QED) is 0.808. The molecule has 0 aromatic heterocycles. The van der Waals surface area contributed by atoms with Crippen molar-refractivity contribution in [1.29, 1.82) is 0 Å². The molecule has 0 saturated carbocycles. The molecule has 19 heavy (non-hydrogen) atoms. The summed E-state index contributed by atoms with van der Waals surface area (Å²) in [6.07, 6.45) is 0.456. The maximum absolute atomic E-state index is 13.9. The monoisotopic (exact) mass is 288 g/mol. The van der Waals surface area contributed by atoms with Crippen LogP contribution in [0.4, 0.5) is 10.1 Å². The van der Waals surface area contributed by atoms with Crippen LogP contribution in [0.5, 0.6) is 0 Å². The van der Waals surface area contributed by atoms with Gasteiger partial charge in [-0.3, -0.25) is 0 Å². The number of hydrogen-bond donors (Lipinski definition) is 2. The van der Waals surface area contributed by atoms with Gasteiger partial charge in [-0.2, -0.15) is 4.31 Å². The standard InChI is InChI=1S/C12H17FN2O3S/c1-3-12(16)6-15(7-12)19(17,18)10-5-9(14)4-8(2)11(10)13/h4-5,16H,3,6-7,14H2,1-2H3. The first-order valence-electron chi connectivity index (χ1n) is 5.98. The maximum Gasteiger partial charge on any atom is 0.246 e. The van der Waals surface area contributed by atoms with Crippen molar-refractivity contribution < 1.29 is 17.9 Å². The molecule has 0 radical (unpaired) electrons. The maximum atomic E-state index is 13.9. The Labute approximate surface area is 111 Å². The lowest BCUT2D eigenvalue weighted by Gasteiger charge is -2.44. The summed E-state index contributed by atoms with van der Waals surface area (Å²) >= 11 is 0. The first kappa shape index (κ1) is 14.2. The summed E-state index contributed by atoms with van der Waals surface area (Å²) in [5.41, 5.74) is 4.95. The van der Waals surface area contributed by atoms with Gasteiger partial charge in [-0.25, -0.2) is 12.8 Å². The van der Waals surface area contributed by atoms with Crippen LogP contribution in [0.3, 0.4) is 0 Å². The predicted octanol–water partition coefficient (Wildman–Crippen LogP) is 0.862. The normalized spacial score (nSPS) is 19.2. The number of nitrogens with zero attached hydrogens (tertiary/aromatic N) is 1. The molecule has 0 bridgehead atoms. The number of nitrogen functional groups attached to an aromatic ring is 1. The van der Waals surface area contributed by atoms with Gasteiger partial charge in [0, 0.05) is 18.8 Å². The van der Waals surface area contributed by atoms with E-state index in [1.54, 1.807) is 6.92 Å². The van der Waals surface area contributed by atoms with Crippen molar-refractivity contribution in [3.8, 4) is 0 Å². The van der Waals surface area contributed by atoms with E-state index in [2.05, 4.69) is 0 Å². The van der Waals surface area contributed by atoms with Crippen LogP contribution in [0.1, 0.15) is 18.9 Å². The van der Waals surface area contributed by atoms with Crippen molar-refractivity contribution in [2.45, 2.75) is 30.8 Å². The number of β-amino-alcohol motifs (C(OH)–C–C–N with tert-alkyl or cyclic N) is 1. The second kappa shape index (κ2) is 4.43. The van der Waals surface area contributed by atoms with E-state index in [-0.39, 0.29) is 24.3 Å². The van der Waals surface area contributed by atoms with E-state index in [1.165, 1.54) is 13.0 Å². The number of aryl methyl sites for hydroxylation is 1. The van der Waals surface area contributed by atoms with Gasteiger partial charge in [0.25, 0.3) is 0 Å². The fraction of sp³-hybridized carbons (Fsp3) is 0.500. The highest BCUT2D eigenvalue weighted by Crippen LogP contribution is 2.32. The third kappa shape index (κ3) is 2.33. The molecular weight excluding hydrogens is 271 g/mol. The molecule has 3 N–H and O–H groups in total. The summed E-state index contributed by atoms with van der Waals surface area (Å²) in [5, 5.41) is 9.85. The summed E-state index contributed by atoms with van der Waals surface area (Å²) in [6, 6.07) is 2.49. The van der Waals surface area contributed by atoms with E-state index in [1.807, 2.05) is 0 Å². The van der Waals surface area contributed by atoms with Crippen molar-refractivity contribution >= 4 is 15.7 Å². The first-order valence-corrected chi connectivity index (χ1v) is 7.42. The second-order valence-electron chi connectivity index (χ2n) is 5.00. The summed E-state index contributed by atoms with van der Waals surface area (Å²) in [5.74, 6) is -0.791. The molecule has 2 rings (SSSR count). The van der Waals surface area contributed by atoms with Crippen LogP contribution < -0.4 is 5.73 Å². The van der Waals surface area contributed by atoms with E-state index in [4.69, 9.17) is 5.73 Å². The van der Waals surface area contributed by atoms with Gasteiger partial charge in [-0.1, -0.05) is 6.92 Å². The minimum Gasteiger partial charge on any atom is -0.399 e. The van der Waals surface area contributed by atoms with Gasteiger partial charge in [0.15, 0.2) is 0 Å². The van der Waals surface area contributed by atoms with E-state index in [0.717, 1.165) is 10.4 Å². The number of hydrogen-bond acceptors (Lipinski definition) is 4. The van der Waals surface area contributed by atoms with Gasteiger partial charge in [0.2, 0.25) is 10.0 Å².